The van der Waals surface area contributed by atoms with Crippen LogP contribution >= 0.6 is 0 Å². The molecule has 7 nitrogen and oxygen atoms in total. The van der Waals surface area contributed by atoms with Crippen LogP contribution in [0.5, 0.6) is 0 Å². The number of ether oxygens (including phenoxy) is 2. The fraction of sp³-hybridized carbons (Fsp3) is 0.600. The zero-order valence-corrected chi connectivity index (χ0v) is 16.0. The topological polar surface area (TPSA) is 71.1 Å². The molecule has 1 aromatic carbocycles. The number of benzene rings is 1. The van der Waals surface area contributed by atoms with E-state index in [1.807, 2.05) is 23.1 Å². The van der Waals surface area contributed by atoms with Crippen molar-refractivity contribution in [2.24, 2.45) is 0 Å². The van der Waals surface area contributed by atoms with Gasteiger partial charge in [-0.15, -0.1) is 0 Å². The number of amides is 1. The number of anilines is 1. The highest BCUT2D eigenvalue weighted by Crippen LogP contribution is 2.19. The number of hydrogen-bond donors (Lipinski definition) is 1. The summed E-state index contributed by atoms with van der Waals surface area (Å²) >= 11 is 0. The number of carbonyl (C=O) groups is 2. The van der Waals surface area contributed by atoms with Crippen LogP contribution in [0.1, 0.15) is 30.1 Å². The molecule has 1 aromatic rings. The maximum absolute atomic E-state index is 13.0. The quantitative estimate of drug-likeness (QED) is 0.730. The molecule has 2 aliphatic heterocycles. The van der Waals surface area contributed by atoms with E-state index in [2.05, 4.69) is 10.2 Å². The monoisotopic (exact) mass is 375 g/mol. The van der Waals surface area contributed by atoms with Crippen molar-refractivity contribution in [2.75, 3.05) is 57.8 Å². The molecule has 27 heavy (non-hydrogen) atoms. The van der Waals surface area contributed by atoms with Crippen LogP contribution in [-0.4, -0.2) is 80.3 Å². The van der Waals surface area contributed by atoms with E-state index in [1.165, 1.54) is 0 Å². The van der Waals surface area contributed by atoms with Crippen LogP contribution in [0.15, 0.2) is 24.3 Å². The van der Waals surface area contributed by atoms with Crippen molar-refractivity contribution < 1.29 is 19.1 Å². The molecule has 2 fully saturated rings. The van der Waals surface area contributed by atoms with Gasteiger partial charge in [-0.3, -0.25) is 14.5 Å². The second kappa shape index (κ2) is 9.71. The molecule has 1 atom stereocenters. The Morgan fingerprint density at radius 2 is 2.00 bits per heavy atom. The lowest BCUT2D eigenvalue weighted by atomic mass is 10.1. The second-order valence-corrected chi connectivity index (χ2v) is 6.93. The van der Waals surface area contributed by atoms with Gasteiger partial charge in [0.2, 0.25) is 0 Å². The van der Waals surface area contributed by atoms with Gasteiger partial charge in [-0.1, -0.05) is 12.1 Å². The summed E-state index contributed by atoms with van der Waals surface area (Å²) in [5.74, 6) is -0.332. The van der Waals surface area contributed by atoms with E-state index < -0.39 is 0 Å². The zero-order chi connectivity index (χ0) is 19.1. The Kier molecular flexibility index (Phi) is 7.06. The standard InChI is InChI=1S/C20H29N3O4/c1-2-26-19(24)14-21-18-8-4-3-7-17(18)20(25)23-11-9-22(10-12-23)15-16-6-5-13-27-16/h3-4,7-8,16,21H,2,5-6,9-15H2,1H3. The first-order valence-electron chi connectivity index (χ1n) is 9.79. The molecule has 0 aliphatic carbocycles. The van der Waals surface area contributed by atoms with Crippen LogP contribution in [-0.2, 0) is 14.3 Å². The summed E-state index contributed by atoms with van der Waals surface area (Å²) in [6.45, 7) is 7.14. The highest BCUT2D eigenvalue weighted by Gasteiger charge is 2.26. The molecule has 1 unspecified atom stereocenters. The van der Waals surface area contributed by atoms with E-state index in [1.54, 1.807) is 13.0 Å². The van der Waals surface area contributed by atoms with Gasteiger partial charge in [0, 0.05) is 45.0 Å². The van der Waals surface area contributed by atoms with Gasteiger partial charge in [-0.25, -0.2) is 0 Å². The summed E-state index contributed by atoms with van der Waals surface area (Å²) in [5.41, 5.74) is 1.26. The molecular weight excluding hydrogens is 346 g/mol. The Balaban J connectivity index is 1.54. The van der Waals surface area contributed by atoms with E-state index in [0.717, 1.165) is 39.1 Å². The van der Waals surface area contributed by atoms with Gasteiger partial charge in [0.25, 0.3) is 5.91 Å². The number of nitrogens with zero attached hydrogens (tertiary/aromatic N) is 2. The lowest BCUT2D eigenvalue weighted by molar-refractivity contribution is -0.140. The van der Waals surface area contributed by atoms with E-state index in [0.29, 0.717) is 37.1 Å². The van der Waals surface area contributed by atoms with Crippen molar-refractivity contribution in [3.8, 4) is 0 Å². The highest BCUT2D eigenvalue weighted by atomic mass is 16.5. The molecule has 0 radical (unpaired) electrons. The minimum Gasteiger partial charge on any atom is -0.465 e. The van der Waals surface area contributed by atoms with Crippen LogP contribution in [0.2, 0.25) is 0 Å². The van der Waals surface area contributed by atoms with E-state index in [9.17, 15) is 9.59 Å². The number of hydrogen-bond acceptors (Lipinski definition) is 6. The molecule has 1 N–H and O–H groups in total. The molecule has 1 amide bonds. The van der Waals surface area contributed by atoms with Crippen LogP contribution in [0, 0.1) is 0 Å². The van der Waals surface area contributed by atoms with E-state index in [4.69, 9.17) is 9.47 Å². The van der Waals surface area contributed by atoms with E-state index >= 15 is 0 Å². The zero-order valence-electron chi connectivity index (χ0n) is 16.0. The van der Waals surface area contributed by atoms with Crippen molar-refractivity contribution in [1.82, 2.24) is 9.80 Å². The Morgan fingerprint density at radius 1 is 1.22 bits per heavy atom. The van der Waals surface area contributed by atoms with Gasteiger partial charge < -0.3 is 19.7 Å². The Labute approximate surface area is 160 Å². The molecule has 2 aliphatic rings. The summed E-state index contributed by atoms with van der Waals surface area (Å²) in [5, 5.41) is 3.03. The minimum absolute atomic E-state index is 0.00118. The lowest BCUT2D eigenvalue weighted by Gasteiger charge is -2.36. The molecule has 0 aromatic heterocycles. The number of para-hydroxylation sites is 1. The first-order valence-corrected chi connectivity index (χ1v) is 9.79. The van der Waals surface area contributed by atoms with E-state index in [-0.39, 0.29) is 18.4 Å². The van der Waals surface area contributed by atoms with Crippen LogP contribution in [0.25, 0.3) is 0 Å². The summed E-state index contributed by atoms with van der Waals surface area (Å²) < 4.78 is 10.6. The van der Waals surface area contributed by atoms with Gasteiger partial charge in [0.1, 0.15) is 6.54 Å². The average Bonchev–Trinajstić information content (AvgIpc) is 3.20. The Bertz CT molecular complexity index is 638. The van der Waals surface area contributed by atoms with Crippen molar-refractivity contribution in [3.05, 3.63) is 29.8 Å². The number of piperazine rings is 1. The third-order valence-corrected chi connectivity index (χ3v) is 5.03. The smallest absolute Gasteiger partial charge is 0.325 e. The predicted octanol–water partition coefficient (Wildman–Crippen LogP) is 1.60. The SMILES string of the molecule is CCOC(=O)CNc1ccccc1C(=O)N1CCN(CC2CCCO2)CC1. The number of carbonyl (C=O) groups excluding carboxylic acids is 2. The van der Waals surface area contributed by atoms with Gasteiger partial charge >= 0.3 is 5.97 Å². The molecule has 0 bridgehead atoms. The molecular formula is C20H29N3O4. The number of rotatable bonds is 7. The van der Waals surface area contributed by atoms with Gasteiger partial charge in [-0.05, 0) is 31.9 Å². The first kappa shape index (κ1) is 19.6. The van der Waals surface area contributed by atoms with Crippen LogP contribution in [0.3, 0.4) is 0 Å². The summed E-state index contributed by atoms with van der Waals surface area (Å²) in [4.78, 5) is 28.8. The van der Waals surface area contributed by atoms with Gasteiger partial charge in [0.05, 0.1) is 18.3 Å². The van der Waals surface area contributed by atoms with Crippen LogP contribution < -0.4 is 5.32 Å². The molecule has 0 saturated carbocycles. The predicted molar refractivity (Wildman–Crippen MR) is 103 cm³/mol. The van der Waals surface area contributed by atoms with Gasteiger partial charge in [0.15, 0.2) is 0 Å². The molecule has 0 spiro atoms. The third-order valence-electron chi connectivity index (χ3n) is 5.03. The highest BCUT2D eigenvalue weighted by molar-refractivity contribution is 6.00. The molecule has 3 rings (SSSR count). The van der Waals surface area contributed by atoms with Crippen molar-refractivity contribution >= 4 is 17.6 Å². The lowest BCUT2D eigenvalue weighted by Crippen LogP contribution is -2.50. The summed E-state index contributed by atoms with van der Waals surface area (Å²) in [6.07, 6.45) is 2.64. The molecule has 2 saturated heterocycles. The van der Waals surface area contributed by atoms with Crippen molar-refractivity contribution in [3.63, 3.8) is 0 Å². The maximum atomic E-state index is 13.0. The second-order valence-electron chi connectivity index (χ2n) is 6.93. The van der Waals surface area contributed by atoms with Crippen LogP contribution in [0.4, 0.5) is 5.69 Å². The fourth-order valence-electron chi connectivity index (χ4n) is 3.58. The maximum Gasteiger partial charge on any atom is 0.325 e. The largest absolute Gasteiger partial charge is 0.465 e. The molecule has 7 heteroatoms. The first-order chi connectivity index (χ1) is 13.2. The average molecular weight is 375 g/mol. The minimum atomic E-state index is -0.331. The third kappa shape index (κ3) is 5.43. The molecule has 2 heterocycles. The fourth-order valence-corrected chi connectivity index (χ4v) is 3.58. The summed E-state index contributed by atoms with van der Waals surface area (Å²) in [7, 11) is 0. The normalized spacial score (nSPS) is 20.5. The Morgan fingerprint density at radius 3 is 2.70 bits per heavy atom. The van der Waals surface area contributed by atoms with Crippen molar-refractivity contribution in [2.45, 2.75) is 25.9 Å². The van der Waals surface area contributed by atoms with Gasteiger partial charge in [-0.2, -0.15) is 0 Å². The number of nitrogens with one attached hydrogen (secondary N) is 1. The Hall–Kier alpha value is -2.12. The number of esters is 1. The molecule has 148 valence electrons. The summed E-state index contributed by atoms with van der Waals surface area (Å²) in [6, 6.07) is 7.31. The van der Waals surface area contributed by atoms with Crippen molar-refractivity contribution in [1.29, 1.82) is 0 Å².